The van der Waals surface area contributed by atoms with Gasteiger partial charge in [0.25, 0.3) is 0 Å². The third kappa shape index (κ3) is 2.74. The molecule has 0 saturated heterocycles. The van der Waals surface area contributed by atoms with Crippen LogP contribution in [-0.4, -0.2) is 11.8 Å². The van der Waals surface area contributed by atoms with E-state index < -0.39 is 11.6 Å². The highest BCUT2D eigenvalue weighted by atomic mass is 16.6. The van der Waals surface area contributed by atoms with Crippen molar-refractivity contribution in [1.29, 1.82) is 0 Å². The average molecular weight is 290 g/mol. The Hall–Kier alpha value is -2.94. The van der Waals surface area contributed by atoms with Crippen molar-refractivity contribution >= 4 is 11.8 Å². The van der Waals surface area contributed by atoms with Crippen LogP contribution >= 0.6 is 0 Å². The molecule has 1 aliphatic rings. The van der Waals surface area contributed by atoms with Crippen LogP contribution in [0.1, 0.15) is 15.9 Å². The summed E-state index contributed by atoms with van der Waals surface area (Å²) >= 11 is 0. The molecule has 3 heteroatoms. The maximum Gasteiger partial charge on any atom is 0.332 e. The fourth-order valence-corrected chi connectivity index (χ4v) is 2.36. The second-order valence-corrected chi connectivity index (χ2v) is 4.98. The van der Waals surface area contributed by atoms with Gasteiger partial charge in [-0.15, -0.1) is 0 Å². The van der Waals surface area contributed by atoms with E-state index in [1.54, 1.807) is 24.3 Å². The molecule has 22 heavy (non-hydrogen) atoms. The van der Waals surface area contributed by atoms with Gasteiger partial charge in [-0.3, -0.25) is 4.79 Å². The van der Waals surface area contributed by atoms with Gasteiger partial charge in [0.15, 0.2) is 11.4 Å². The minimum atomic E-state index is -1.01. The molecule has 0 aliphatic carbocycles. The van der Waals surface area contributed by atoms with Crippen LogP contribution in [0.25, 0.3) is 0 Å². The first-order chi connectivity index (χ1) is 10.7. The van der Waals surface area contributed by atoms with Crippen LogP contribution in [0.3, 0.4) is 0 Å². The van der Waals surface area contributed by atoms with E-state index in [4.69, 9.17) is 4.74 Å². The monoisotopic (exact) mass is 290 g/mol. The first kappa shape index (κ1) is 14.0. The van der Waals surface area contributed by atoms with E-state index in [-0.39, 0.29) is 5.78 Å². The third-order valence-corrected chi connectivity index (χ3v) is 3.50. The van der Waals surface area contributed by atoms with Gasteiger partial charge >= 0.3 is 5.97 Å². The quantitative estimate of drug-likeness (QED) is 0.492. The van der Waals surface area contributed by atoms with Crippen molar-refractivity contribution in [2.45, 2.75) is 5.60 Å². The molecule has 0 saturated carbocycles. The number of esters is 1. The maximum atomic E-state index is 12.2. The van der Waals surface area contributed by atoms with Crippen molar-refractivity contribution < 1.29 is 14.3 Å². The largest absolute Gasteiger partial charge is 0.442 e. The lowest BCUT2D eigenvalue weighted by atomic mass is 9.93. The van der Waals surface area contributed by atoms with Crippen molar-refractivity contribution in [3.05, 3.63) is 96.1 Å². The Kier molecular flexibility index (Phi) is 3.71. The molecule has 2 aromatic carbocycles. The number of rotatable bonds is 4. The number of hydrogen-bond donors (Lipinski definition) is 0. The molecule has 3 rings (SSSR count). The summed E-state index contributed by atoms with van der Waals surface area (Å²) < 4.78 is 5.43. The molecule has 0 radical (unpaired) electrons. The molecule has 0 spiro atoms. The Morgan fingerprint density at radius 3 is 2.18 bits per heavy atom. The Morgan fingerprint density at radius 1 is 0.955 bits per heavy atom. The SMILES string of the molecule is O=C1C=C[C@@](/C=C/C(=O)c2ccccc2)(c2ccccc2)O1. The molecule has 1 atom stereocenters. The molecule has 2 aromatic rings. The van der Waals surface area contributed by atoms with E-state index in [9.17, 15) is 9.59 Å². The van der Waals surface area contributed by atoms with Gasteiger partial charge in [-0.1, -0.05) is 60.7 Å². The number of hydrogen-bond acceptors (Lipinski definition) is 3. The lowest BCUT2D eigenvalue weighted by molar-refractivity contribution is -0.143. The van der Waals surface area contributed by atoms with Crippen molar-refractivity contribution in [2.24, 2.45) is 0 Å². The van der Waals surface area contributed by atoms with Crippen LogP contribution in [0.5, 0.6) is 0 Å². The summed E-state index contributed by atoms with van der Waals surface area (Å²) in [6, 6.07) is 18.3. The predicted octanol–water partition coefficient (Wildman–Crippen LogP) is 3.43. The number of ketones is 1. The molecule has 1 heterocycles. The fraction of sp³-hybridized carbons (Fsp3) is 0.0526. The molecule has 0 unspecified atom stereocenters. The minimum absolute atomic E-state index is 0.132. The van der Waals surface area contributed by atoms with Crippen LogP contribution in [0, 0.1) is 0 Å². The molecule has 3 nitrogen and oxygen atoms in total. The third-order valence-electron chi connectivity index (χ3n) is 3.50. The average Bonchev–Trinajstić information content (AvgIpc) is 2.97. The number of benzene rings is 2. The lowest BCUT2D eigenvalue weighted by Gasteiger charge is -2.23. The number of cyclic esters (lactones) is 1. The molecule has 0 fully saturated rings. The highest BCUT2D eigenvalue weighted by Crippen LogP contribution is 2.33. The Bertz CT molecular complexity index is 745. The lowest BCUT2D eigenvalue weighted by Crippen LogP contribution is -2.23. The zero-order valence-corrected chi connectivity index (χ0v) is 11.8. The zero-order valence-electron chi connectivity index (χ0n) is 11.8. The zero-order chi connectivity index (χ0) is 15.4. The van der Waals surface area contributed by atoms with Crippen LogP contribution < -0.4 is 0 Å². The van der Waals surface area contributed by atoms with Crippen LogP contribution in [-0.2, 0) is 15.1 Å². The van der Waals surface area contributed by atoms with Crippen molar-refractivity contribution in [1.82, 2.24) is 0 Å². The summed E-state index contributed by atoms with van der Waals surface area (Å²) in [4.78, 5) is 23.7. The molecule has 0 aromatic heterocycles. The van der Waals surface area contributed by atoms with Gasteiger partial charge in [0.05, 0.1) is 0 Å². The standard InChI is InChI=1S/C19H14O3/c20-17(15-7-3-1-4-8-15)11-13-19(14-12-18(21)22-19)16-9-5-2-6-10-16/h1-14H/b13-11+/t19-/m0/s1. The van der Waals surface area contributed by atoms with E-state index in [1.165, 1.54) is 12.2 Å². The predicted molar refractivity (Wildman–Crippen MR) is 83.3 cm³/mol. The van der Waals surface area contributed by atoms with E-state index in [0.717, 1.165) is 5.56 Å². The summed E-state index contributed by atoms with van der Waals surface area (Å²) in [7, 11) is 0. The van der Waals surface area contributed by atoms with Gasteiger partial charge in [0, 0.05) is 17.2 Å². The minimum Gasteiger partial charge on any atom is -0.442 e. The van der Waals surface area contributed by atoms with Gasteiger partial charge in [-0.2, -0.15) is 0 Å². The van der Waals surface area contributed by atoms with Crippen LogP contribution in [0.4, 0.5) is 0 Å². The Balaban J connectivity index is 1.92. The van der Waals surface area contributed by atoms with E-state index >= 15 is 0 Å². The van der Waals surface area contributed by atoms with Gasteiger partial charge in [-0.25, -0.2) is 4.79 Å². The van der Waals surface area contributed by atoms with E-state index in [0.29, 0.717) is 5.56 Å². The molecule has 1 aliphatic heterocycles. The van der Waals surface area contributed by atoms with Crippen LogP contribution in [0.15, 0.2) is 85.0 Å². The van der Waals surface area contributed by atoms with Gasteiger partial charge in [0.1, 0.15) is 0 Å². The molecular weight excluding hydrogens is 276 g/mol. The fourth-order valence-electron chi connectivity index (χ4n) is 2.36. The Labute approximate surface area is 128 Å². The number of carbonyl (C=O) groups is 2. The summed E-state index contributed by atoms with van der Waals surface area (Å²) in [5.74, 6) is -0.548. The highest BCUT2D eigenvalue weighted by Gasteiger charge is 2.35. The Morgan fingerprint density at radius 2 is 1.59 bits per heavy atom. The molecule has 0 amide bonds. The van der Waals surface area contributed by atoms with Gasteiger partial charge in [0.2, 0.25) is 0 Å². The first-order valence-electron chi connectivity index (χ1n) is 6.96. The second-order valence-electron chi connectivity index (χ2n) is 4.98. The number of ether oxygens (including phenoxy) is 1. The van der Waals surface area contributed by atoms with Gasteiger partial charge in [-0.05, 0) is 18.2 Å². The smallest absolute Gasteiger partial charge is 0.332 e. The van der Waals surface area contributed by atoms with Gasteiger partial charge < -0.3 is 4.74 Å². The summed E-state index contributed by atoms with van der Waals surface area (Å²) in [6.45, 7) is 0. The van der Waals surface area contributed by atoms with E-state index in [2.05, 4.69) is 0 Å². The van der Waals surface area contributed by atoms with E-state index in [1.807, 2.05) is 48.5 Å². The number of allylic oxidation sites excluding steroid dienone is 1. The summed E-state index contributed by atoms with van der Waals surface area (Å²) in [6.07, 6.45) is 6.12. The van der Waals surface area contributed by atoms with Crippen molar-refractivity contribution in [2.75, 3.05) is 0 Å². The number of carbonyl (C=O) groups excluding carboxylic acids is 2. The summed E-state index contributed by atoms with van der Waals surface area (Å²) in [5, 5.41) is 0. The van der Waals surface area contributed by atoms with Crippen molar-refractivity contribution in [3.8, 4) is 0 Å². The van der Waals surface area contributed by atoms with Crippen molar-refractivity contribution in [3.63, 3.8) is 0 Å². The maximum absolute atomic E-state index is 12.2. The second kappa shape index (κ2) is 5.82. The normalized spacial score (nSPS) is 20.3. The highest BCUT2D eigenvalue weighted by molar-refractivity contribution is 6.04. The molecule has 0 bridgehead atoms. The molecular formula is C19H14O3. The first-order valence-corrected chi connectivity index (χ1v) is 6.96. The molecule has 0 N–H and O–H groups in total. The summed E-state index contributed by atoms with van der Waals surface area (Å²) in [5.41, 5.74) is 0.382. The topological polar surface area (TPSA) is 43.4 Å². The van der Waals surface area contributed by atoms with Crippen LogP contribution in [0.2, 0.25) is 0 Å². The molecule has 108 valence electrons.